The van der Waals surface area contributed by atoms with Gasteiger partial charge in [-0.15, -0.1) is 5.10 Å². The number of hydrogen-bond acceptors (Lipinski definition) is 5. The van der Waals surface area contributed by atoms with E-state index in [0.29, 0.717) is 18.7 Å². The molecule has 0 fully saturated rings. The molecule has 0 spiro atoms. The van der Waals surface area contributed by atoms with E-state index in [1.807, 2.05) is 20.8 Å². The first-order valence-corrected chi connectivity index (χ1v) is 7.60. The zero-order valence-electron chi connectivity index (χ0n) is 12.3. The number of carbonyl (C=O) groups excluding carboxylic acids is 1. The Kier molecular flexibility index (Phi) is 4.85. The van der Waals surface area contributed by atoms with Crippen LogP contribution in [0.4, 0.5) is 0 Å². The smallest absolute Gasteiger partial charge is 0.251 e. The van der Waals surface area contributed by atoms with Crippen LogP contribution in [0.1, 0.15) is 47.6 Å². The molecule has 0 saturated carbocycles. The summed E-state index contributed by atoms with van der Waals surface area (Å²) in [5.41, 5.74) is 1.10. The predicted molar refractivity (Wildman–Crippen MR) is 81.5 cm³/mol. The lowest BCUT2D eigenvalue weighted by Crippen LogP contribution is -2.26. The summed E-state index contributed by atoms with van der Waals surface area (Å²) in [5.74, 6) is 0.00240. The summed E-state index contributed by atoms with van der Waals surface area (Å²) in [5, 5.41) is 6.87. The summed E-state index contributed by atoms with van der Waals surface area (Å²) in [7, 11) is 0. The minimum atomic E-state index is -0.265. The minimum Gasteiger partial charge on any atom is -0.347 e. The molecular weight excluding hydrogens is 288 g/mol. The number of nitrogens with zero attached hydrogens (tertiary/aromatic N) is 3. The fourth-order valence-electron chi connectivity index (χ4n) is 1.95. The van der Waals surface area contributed by atoms with E-state index in [2.05, 4.69) is 14.9 Å². The van der Waals surface area contributed by atoms with E-state index in [1.165, 1.54) is 17.6 Å². The lowest BCUT2D eigenvalue weighted by Gasteiger charge is -2.07. The SMILES string of the molecule is CCn1ccc(C(=O)NCc2snnc2C(C)C)cc1=O. The van der Waals surface area contributed by atoms with Crippen molar-refractivity contribution in [2.24, 2.45) is 0 Å². The second kappa shape index (κ2) is 6.62. The third kappa shape index (κ3) is 3.55. The van der Waals surface area contributed by atoms with Crippen LogP contribution in [-0.4, -0.2) is 20.1 Å². The lowest BCUT2D eigenvalue weighted by atomic mass is 10.1. The van der Waals surface area contributed by atoms with Crippen LogP contribution in [0.2, 0.25) is 0 Å². The molecule has 0 bridgehead atoms. The summed E-state index contributed by atoms with van der Waals surface area (Å²) in [6.45, 7) is 6.91. The second-order valence-corrected chi connectivity index (χ2v) is 5.80. The number of amides is 1. The van der Waals surface area contributed by atoms with Crippen molar-refractivity contribution >= 4 is 17.4 Å². The highest BCUT2D eigenvalue weighted by atomic mass is 32.1. The Morgan fingerprint density at radius 1 is 1.48 bits per heavy atom. The van der Waals surface area contributed by atoms with E-state index in [9.17, 15) is 9.59 Å². The molecule has 0 aliphatic heterocycles. The van der Waals surface area contributed by atoms with Gasteiger partial charge in [0.25, 0.3) is 11.5 Å². The molecule has 0 aromatic carbocycles. The van der Waals surface area contributed by atoms with Crippen LogP contribution in [0.5, 0.6) is 0 Å². The van der Waals surface area contributed by atoms with Crippen molar-refractivity contribution in [1.29, 1.82) is 0 Å². The van der Waals surface area contributed by atoms with Gasteiger partial charge < -0.3 is 9.88 Å². The molecule has 2 heterocycles. The topological polar surface area (TPSA) is 76.9 Å². The number of carbonyl (C=O) groups is 1. The normalized spacial score (nSPS) is 10.9. The van der Waals surface area contributed by atoms with Crippen molar-refractivity contribution in [3.63, 3.8) is 0 Å². The molecule has 0 unspecified atom stereocenters. The Labute approximate surface area is 127 Å². The maximum Gasteiger partial charge on any atom is 0.251 e. The van der Waals surface area contributed by atoms with E-state index in [4.69, 9.17) is 0 Å². The van der Waals surface area contributed by atoms with Crippen molar-refractivity contribution in [2.45, 2.75) is 39.8 Å². The maximum absolute atomic E-state index is 12.1. The fraction of sp³-hybridized carbons (Fsp3) is 0.429. The number of rotatable bonds is 5. The number of aromatic nitrogens is 3. The molecule has 2 aromatic rings. The Hall–Kier alpha value is -2.02. The Morgan fingerprint density at radius 3 is 2.86 bits per heavy atom. The van der Waals surface area contributed by atoms with E-state index in [0.717, 1.165) is 10.6 Å². The second-order valence-electron chi connectivity index (χ2n) is 4.96. The van der Waals surface area contributed by atoms with Crippen LogP contribution in [0.25, 0.3) is 0 Å². The molecule has 7 heteroatoms. The number of pyridine rings is 1. The van der Waals surface area contributed by atoms with Gasteiger partial charge in [-0.3, -0.25) is 9.59 Å². The largest absolute Gasteiger partial charge is 0.347 e. The van der Waals surface area contributed by atoms with Gasteiger partial charge in [-0.2, -0.15) is 0 Å². The van der Waals surface area contributed by atoms with Crippen LogP contribution in [0.3, 0.4) is 0 Å². The molecule has 1 N–H and O–H groups in total. The van der Waals surface area contributed by atoms with Gasteiger partial charge in [0, 0.05) is 24.4 Å². The molecule has 1 amide bonds. The Bertz CT molecular complexity index is 690. The maximum atomic E-state index is 12.1. The quantitative estimate of drug-likeness (QED) is 0.913. The third-order valence-corrected chi connectivity index (χ3v) is 3.88. The highest BCUT2D eigenvalue weighted by Gasteiger charge is 2.13. The monoisotopic (exact) mass is 306 g/mol. The first-order valence-electron chi connectivity index (χ1n) is 6.82. The molecule has 2 rings (SSSR count). The summed E-state index contributed by atoms with van der Waals surface area (Å²) in [4.78, 5) is 24.7. The molecule has 0 aliphatic carbocycles. The number of aryl methyl sites for hydroxylation is 1. The van der Waals surface area contributed by atoms with Crippen molar-refractivity contribution in [2.75, 3.05) is 0 Å². The molecule has 2 aromatic heterocycles. The first-order chi connectivity index (χ1) is 10.0. The highest BCUT2D eigenvalue weighted by molar-refractivity contribution is 7.05. The zero-order valence-corrected chi connectivity index (χ0v) is 13.1. The molecule has 0 radical (unpaired) electrons. The van der Waals surface area contributed by atoms with Gasteiger partial charge in [-0.05, 0) is 30.4 Å². The molecule has 6 nitrogen and oxygen atoms in total. The van der Waals surface area contributed by atoms with E-state index < -0.39 is 0 Å². The number of hydrogen-bond donors (Lipinski definition) is 1. The van der Waals surface area contributed by atoms with Gasteiger partial charge in [0.1, 0.15) is 0 Å². The van der Waals surface area contributed by atoms with Crippen molar-refractivity contribution in [3.8, 4) is 0 Å². The summed E-state index contributed by atoms with van der Waals surface area (Å²) in [6.07, 6.45) is 1.63. The van der Waals surface area contributed by atoms with Crippen LogP contribution in [0.15, 0.2) is 23.1 Å². The van der Waals surface area contributed by atoms with Crippen LogP contribution < -0.4 is 10.9 Å². The van der Waals surface area contributed by atoms with Crippen molar-refractivity contribution in [1.82, 2.24) is 19.5 Å². The fourth-order valence-corrected chi connectivity index (χ4v) is 2.68. The van der Waals surface area contributed by atoms with Crippen molar-refractivity contribution in [3.05, 3.63) is 44.8 Å². The van der Waals surface area contributed by atoms with Gasteiger partial charge in [-0.25, -0.2) is 0 Å². The Morgan fingerprint density at radius 2 is 2.24 bits per heavy atom. The van der Waals surface area contributed by atoms with Gasteiger partial charge in [0.15, 0.2) is 0 Å². The molecule has 112 valence electrons. The molecule has 0 atom stereocenters. The van der Waals surface area contributed by atoms with E-state index in [1.54, 1.807) is 16.8 Å². The first kappa shape index (κ1) is 15.4. The standard InChI is InChI=1S/C14H18N4O2S/c1-4-18-6-5-10(7-12(18)19)14(20)15-8-11-13(9(2)3)16-17-21-11/h5-7,9H,4,8H2,1-3H3,(H,15,20). The predicted octanol–water partition coefficient (Wildman–Crippen LogP) is 1.77. The zero-order chi connectivity index (χ0) is 15.4. The average Bonchev–Trinajstić information content (AvgIpc) is 2.93. The van der Waals surface area contributed by atoms with E-state index in [-0.39, 0.29) is 17.4 Å². The van der Waals surface area contributed by atoms with Crippen LogP contribution >= 0.6 is 11.5 Å². The average molecular weight is 306 g/mol. The Balaban J connectivity index is 2.06. The summed E-state index contributed by atoms with van der Waals surface area (Å²) >= 11 is 1.28. The van der Waals surface area contributed by atoms with Crippen molar-refractivity contribution < 1.29 is 4.79 Å². The molecule has 0 saturated heterocycles. The summed E-state index contributed by atoms with van der Waals surface area (Å²) in [6, 6.07) is 3.00. The minimum absolute atomic E-state index is 0.174. The highest BCUT2D eigenvalue weighted by Crippen LogP contribution is 2.19. The molecular formula is C14H18N4O2S. The summed E-state index contributed by atoms with van der Waals surface area (Å²) < 4.78 is 5.46. The van der Waals surface area contributed by atoms with Crippen LogP contribution in [0, 0.1) is 0 Å². The third-order valence-electron chi connectivity index (χ3n) is 3.14. The molecule has 21 heavy (non-hydrogen) atoms. The molecule has 0 aliphatic rings. The van der Waals surface area contributed by atoms with Gasteiger partial charge >= 0.3 is 0 Å². The van der Waals surface area contributed by atoms with Gasteiger partial charge in [-0.1, -0.05) is 18.3 Å². The lowest BCUT2D eigenvalue weighted by molar-refractivity contribution is 0.0951. The van der Waals surface area contributed by atoms with Gasteiger partial charge in [0.05, 0.1) is 17.1 Å². The van der Waals surface area contributed by atoms with Gasteiger partial charge in [0.2, 0.25) is 0 Å². The number of nitrogens with one attached hydrogen (secondary N) is 1. The van der Waals surface area contributed by atoms with Crippen LogP contribution in [-0.2, 0) is 13.1 Å². The van der Waals surface area contributed by atoms with E-state index >= 15 is 0 Å².